The molecule has 114 valence electrons. The van der Waals surface area contributed by atoms with Crippen molar-refractivity contribution in [3.8, 4) is 5.75 Å². The van der Waals surface area contributed by atoms with Gasteiger partial charge < -0.3 is 9.84 Å². The van der Waals surface area contributed by atoms with Crippen LogP contribution in [0.2, 0.25) is 0 Å². The summed E-state index contributed by atoms with van der Waals surface area (Å²) in [6.07, 6.45) is 0.0909. The molecule has 4 nitrogen and oxygen atoms in total. The molecule has 0 aliphatic heterocycles. The average molecular weight is 292 g/mol. The number of benzene rings is 1. The molecule has 0 fully saturated rings. The average Bonchev–Trinajstić information content (AvgIpc) is 2.88. The molecule has 2 aromatic rings. The molecule has 0 spiro atoms. The van der Waals surface area contributed by atoms with Crippen molar-refractivity contribution in [3.63, 3.8) is 0 Å². The summed E-state index contributed by atoms with van der Waals surface area (Å²) < 4.78 is 20.9. The molecule has 0 saturated carbocycles. The van der Waals surface area contributed by atoms with Crippen molar-refractivity contribution in [2.24, 2.45) is 0 Å². The summed E-state index contributed by atoms with van der Waals surface area (Å²) in [6, 6.07) is 6.18. The topological polar surface area (TPSA) is 47.3 Å². The largest absolute Gasteiger partial charge is 0.487 e. The van der Waals surface area contributed by atoms with Gasteiger partial charge in [0.2, 0.25) is 0 Å². The zero-order valence-electron chi connectivity index (χ0n) is 12.6. The van der Waals surface area contributed by atoms with Crippen LogP contribution in [0.4, 0.5) is 4.39 Å². The number of ether oxygens (including phenoxy) is 1. The Morgan fingerprint density at radius 1 is 1.33 bits per heavy atom. The summed E-state index contributed by atoms with van der Waals surface area (Å²) in [6.45, 7) is 6.78. The lowest BCUT2D eigenvalue weighted by molar-refractivity contribution is 0.188. The molecule has 2 rings (SSSR count). The fraction of sp³-hybridized carbons (Fsp3) is 0.438. The molecule has 0 aliphatic carbocycles. The molecule has 0 radical (unpaired) electrons. The maximum absolute atomic E-state index is 13.3. The van der Waals surface area contributed by atoms with E-state index in [9.17, 15) is 9.50 Å². The first kappa shape index (κ1) is 15.5. The smallest absolute Gasteiger partial charge is 0.130 e. The van der Waals surface area contributed by atoms with Crippen molar-refractivity contribution in [1.29, 1.82) is 0 Å². The Kier molecular flexibility index (Phi) is 4.96. The van der Waals surface area contributed by atoms with Gasteiger partial charge in [-0.05, 0) is 44.5 Å². The van der Waals surface area contributed by atoms with Crippen molar-refractivity contribution in [2.75, 3.05) is 0 Å². The van der Waals surface area contributed by atoms with Gasteiger partial charge in [-0.1, -0.05) is 6.92 Å². The summed E-state index contributed by atoms with van der Waals surface area (Å²) in [5.74, 6) is 0.110. The van der Waals surface area contributed by atoms with Gasteiger partial charge in [-0.15, -0.1) is 0 Å². The Morgan fingerprint density at radius 3 is 2.71 bits per heavy atom. The summed E-state index contributed by atoms with van der Waals surface area (Å²) in [7, 11) is 0. The second-order valence-electron chi connectivity index (χ2n) is 4.94. The summed E-state index contributed by atoms with van der Waals surface area (Å²) >= 11 is 0. The van der Waals surface area contributed by atoms with Crippen LogP contribution in [0.3, 0.4) is 0 Å². The van der Waals surface area contributed by atoms with Crippen LogP contribution in [0.25, 0.3) is 0 Å². The number of aliphatic hydroxyl groups excluding tert-OH is 1. The zero-order valence-corrected chi connectivity index (χ0v) is 12.6. The van der Waals surface area contributed by atoms with Crippen LogP contribution in [-0.4, -0.2) is 14.9 Å². The number of aromatic nitrogens is 2. The highest BCUT2D eigenvalue weighted by Crippen LogP contribution is 2.26. The van der Waals surface area contributed by atoms with Crippen molar-refractivity contribution in [3.05, 3.63) is 47.0 Å². The summed E-state index contributed by atoms with van der Waals surface area (Å²) in [5.41, 5.74) is 2.44. The summed E-state index contributed by atoms with van der Waals surface area (Å²) in [5, 5.41) is 14.2. The third-order valence-corrected chi connectivity index (χ3v) is 3.37. The van der Waals surface area contributed by atoms with Crippen molar-refractivity contribution in [1.82, 2.24) is 9.78 Å². The van der Waals surface area contributed by atoms with Gasteiger partial charge in [0, 0.05) is 12.1 Å². The second kappa shape index (κ2) is 6.72. The number of hydrogen-bond acceptors (Lipinski definition) is 3. The van der Waals surface area contributed by atoms with E-state index in [2.05, 4.69) is 12.0 Å². The standard InChI is InChI=1S/C16H21FN2O2/c1-4-13-9-14(19(5-2)18-13)10-21-16-7-6-12(17)8-15(16)11(3)20/h6-9,11,20H,4-5,10H2,1-3H3. The minimum absolute atomic E-state index is 0.339. The van der Waals surface area contributed by atoms with Crippen molar-refractivity contribution < 1.29 is 14.2 Å². The van der Waals surface area contributed by atoms with E-state index in [4.69, 9.17) is 4.74 Å². The van der Waals surface area contributed by atoms with Gasteiger partial charge in [-0.25, -0.2) is 4.39 Å². The second-order valence-corrected chi connectivity index (χ2v) is 4.94. The lowest BCUT2D eigenvalue weighted by Gasteiger charge is -2.14. The highest BCUT2D eigenvalue weighted by molar-refractivity contribution is 5.35. The molecular weight excluding hydrogens is 271 g/mol. The molecular formula is C16H21FN2O2. The Balaban J connectivity index is 2.18. The van der Waals surface area contributed by atoms with E-state index in [0.29, 0.717) is 17.9 Å². The van der Waals surface area contributed by atoms with Crippen molar-refractivity contribution >= 4 is 0 Å². The maximum Gasteiger partial charge on any atom is 0.130 e. The normalized spacial score (nSPS) is 12.4. The summed E-state index contributed by atoms with van der Waals surface area (Å²) in [4.78, 5) is 0. The van der Waals surface area contributed by atoms with Gasteiger partial charge in [0.15, 0.2) is 0 Å². The van der Waals surface area contributed by atoms with Gasteiger partial charge in [0.05, 0.1) is 17.5 Å². The molecule has 1 aromatic carbocycles. The van der Waals surface area contributed by atoms with Crippen LogP contribution in [0.5, 0.6) is 5.75 Å². The molecule has 5 heteroatoms. The van der Waals surface area contributed by atoms with Gasteiger partial charge in [0.1, 0.15) is 18.2 Å². The van der Waals surface area contributed by atoms with E-state index < -0.39 is 6.10 Å². The molecule has 1 heterocycles. The van der Waals surface area contributed by atoms with E-state index in [-0.39, 0.29) is 5.82 Å². The fourth-order valence-electron chi connectivity index (χ4n) is 2.21. The predicted molar refractivity (Wildman–Crippen MR) is 78.6 cm³/mol. The molecule has 1 aromatic heterocycles. The first-order valence-electron chi connectivity index (χ1n) is 7.21. The Bertz CT molecular complexity index is 608. The molecule has 0 amide bonds. The van der Waals surface area contributed by atoms with Crippen LogP contribution in [-0.2, 0) is 19.6 Å². The van der Waals surface area contributed by atoms with E-state index in [1.165, 1.54) is 12.1 Å². The number of aryl methyl sites for hydroxylation is 2. The third-order valence-electron chi connectivity index (χ3n) is 3.37. The lowest BCUT2D eigenvalue weighted by Crippen LogP contribution is -2.07. The quantitative estimate of drug-likeness (QED) is 0.889. The SMILES string of the molecule is CCc1cc(COc2ccc(F)cc2C(C)O)n(CC)n1. The molecule has 21 heavy (non-hydrogen) atoms. The minimum Gasteiger partial charge on any atom is -0.487 e. The van der Waals surface area contributed by atoms with E-state index in [1.54, 1.807) is 13.0 Å². The third kappa shape index (κ3) is 3.61. The van der Waals surface area contributed by atoms with Crippen LogP contribution in [0.1, 0.15) is 43.8 Å². The van der Waals surface area contributed by atoms with Gasteiger partial charge in [-0.3, -0.25) is 4.68 Å². The number of nitrogens with zero attached hydrogens (tertiary/aromatic N) is 2. The van der Waals surface area contributed by atoms with E-state index >= 15 is 0 Å². The molecule has 1 unspecified atom stereocenters. The highest BCUT2D eigenvalue weighted by Gasteiger charge is 2.12. The van der Waals surface area contributed by atoms with Crippen LogP contribution < -0.4 is 4.74 Å². The first-order chi connectivity index (χ1) is 10.0. The maximum atomic E-state index is 13.3. The van der Waals surface area contributed by atoms with Crippen LogP contribution >= 0.6 is 0 Å². The van der Waals surface area contributed by atoms with E-state index in [0.717, 1.165) is 24.4 Å². The fourth-order valence-corrected chi connectivity index (χ4v) is 2.21. The Labute approximate surface area is 124 Å². The monoisotopic (exact) mass is 292 g/mol. The van der Waals surface area contributed by atoms with Crippen molar-refractivity contribution in [2.45, 2.75) is 46.4 Å². The lowest BCUT2D eigenvalue weighted by atomic mass is 10.1. The number of hydrogen-bond donors (Lipinski definition) is 1. The van der Waals surface area contributed by atoms with Gasteiger partial charge >= 0.3 is 0 Å². The Morgan fingerprint density at radius 2 is 2.10 bits per heavy atom. The molecule has 0 bridgehead atoms. The Hall–Kier alpha value is -1.88. The molecule has 0 aliphatic rings. The highest BCUT2D eigenvalue weighted by atomic mass is 19.1. The molecule has 1 N–H and O–H groups in total. The first-order valence-corrected chi connectivity index (χ1v) is 7.21. The molecule has 0 saturated heterocycles. The number of rotatable bonds is 6. The number of halogens is 1. The predicted octanol–water partition coefficient (Wildman–Crippen LogP) is 3.24. The van der Waals surface area contributed by atoms with Gasteiger partial charge in [-0.2, -0.15) is 5.10 Å². The number of aliphatic hydroxyl groups is 1. The molecule has 1 atom stereocenters. The van der Waals surface area contributed by atoms with Gasteiger partial charge in [0.25, 0.3) is 0 Å². The van der Waals surface area contributed by atoms with Crippen LogP contribution in [0.15, 0.2) is 24.3 Å². The van der Waals surface area contributed by atoms with E-state index in [1.807, 2.05) is 17.7 Å². The van der Waals surface area contributed by atoms with Crippen LogP contribution in [0, 0.1) is 5.82 Å². The zero-order chi connectivity index (χ0) is 15.4. The minimum atomic E-state index is -0.780.